The molecular weight excluding hydrogens is 384 g/mol. The summed E-state index contributed by atoms with van der Waals surface area (Å²) in [6, 6.07) is 16.1. The van der Waals surface area contributed by atoms with E-state index in [2.05, 4.69) is 17.4 Å². The second-order valence-electron chi connectivity index (χ2n) is 7.82. The highest BCUT2D eigenvalue weighted by Gasteiger charge is 2.35. The van der Waals surface area contributed by atoms with Crippen LogP contribution >= 0.6 is 0 Å². The number of aliphatic carboxylic acids is 1. The highest BCUT2D eigenvalue weighted by Crippen LogP contribution is 2.44. The van der Waals surface area contributed by atoms with Gasteiger partial charge in [-0.3, -0.25) is 4.79 Å². The minimum Gasteiger partial charge on any atom is -0.480 e. The molecule has 0 heterocycles. The van der Waals surface area contributed by atoms with Gasteiger partial charge in [0.05, 0.1) is 0 Å². The van der Waals surface area contributed by atoms with Gasteiger partial charge in [0.15, 0.2) is 0 Å². The molecule has 158 valence electrons. The van der Waals surface area contributed by atoms with Crippen LogP contribution in [0, 0.1) is 0 Å². The SMILES string of the molecule is CN(C(=O)CCNC(=O)OCC1c2ccccc2-c2ccccc21)C(C)(C)C(=O)O. The minimum atomic E-state index is -1.32. The number of amides is 2. The number of fused-ring (bicyclic) bond motifs is 3. The predicted octanol–water partition coefficient (Wildman–Crippen LogP) is 3.24. The first kappa shape index (κ1) is 21.4. The maximum Gasteiger partial charge on any atom is 0.407 e. The summed E-state index contributed by atoms with van der Waals surface area (Å²) in [4.78, 5) is 36.7. The van der Waals surface area contributed by atoms with E-state index < -0.39 is 17.6 Å². The van der Waals surface area contributed by atoms with E-state index in [1.807, 2.05) is 36.4 Å². The molecule has 0 radical (unpaired) electrons. The molecule has 0 atom stereocenters. The van der Waals surface area contributed by atoms with E-state index >= 15 is 0 Å². The zero-order valence-corrected chi connectivity index (χ0v) is 17.3. The number of nitrogens with zero attached hydrogens (tertiary/aromatic N) is 1. The average Bonchev–Trinajstić information content (AvgIpc) is 3.05. The van der Waals surface area contributed by atoms with Gasteiger partial charge in [0, 0.05) is 25.9 Å². The molecule has 0 aromatic heterocycles. The molecule has 7 nitrogen and oxygen atoms in total. The summed E-state index contributed by atoms with van der Waals surface area (Å²) in [6.07, 6.45) is -0.623. The van der Waals surface area contributed by atoms with Crippen LogP contribution in [-0.2, 0) is 14.3 Å². The van der Waals surface area contributed by atoms with Gasteiger partial charge in [0.2, 0.25) is 5.91 Å². The fraction of sp³-hybridized carbons (Fsp3) is 0.348. The van der Waals surface area contributed by atoms with Crippen LogP contribution in [-0.4, -0.2) is 53.7 Å². The molecule has 2 N–H and O–H groups in total. The van der Waals surface area contributed by atoms with Crippen molar-refractivity contribution in [3.63, 3.8) is 0 Å². The molecule has 30 heavy (non-hydrogen) atoms. The van der Waals surface area contributed by atoms with Crippen molar-refractivity contribution in [2.75, 3.05) is 20.2 Å². The number of carbonyl (C=O) groups is 3. The Morgan fingerprint density at radius 3 is 2.10 bits per heavy atom. The number of ether oxygens (including phenoxy) is 1. The van der Waals surface area contributed by atoms with E-state index in [0.29, 0.717) is 0 Å². The molecule has 1 aliphatic carbocycles. The van der Waals surface area contributed by atoms with Crippen LogP contribution in [0.4, 0.5) is 4.79 Å². The number of rotatable bonds is 7. The van der Waals surface area contributed by atoms with Crippen molar-refractivity contribution in [1.29, 1.82) is 0 Å². The normalized spacial score (nSPS) is 12.6. The number of alkyl carbamates (subject to hydrolysis) is 1. The zero-order valence-electron chi connectivity index (χ0n) is 17.3. The lowest BCUT2D eigenvalue weighted by atomic mass is 9.98. The maximum absolute atomic E-state index is 12.2. The third kappa shape index (κ3) is 4.15. The Morgan fingerprint density at radius 1 is 1.03 bits per heavy atom. The molecule has 0 saturated heterocycles. The van der Waals surface area contributed by atoms with Crippen molar-refractivity contribution in [3.05, 3.63) is 59.7 Å². The minimum absolute atomic E-state index is 0.0165. The molecule has 0 bridgehead atoms. The second kappa shape index (κ2) is 8.57. The predicted molar refractivity (Wildman–Crippen MR) is 112 cm³/mol. The van der Waals surface area contributed by atoms with E-state index in [1.165, 1.54) is 20.9 Å². The molecule has 7 heteroatoms. The highest BCUT2D eigenvalue weighted by atomic mass is 16.5. The van der Waals surface area contributed by atoms with E-state index in [1.54, 1.807) is 0 Å². The summed E-state index contributed by atoms with van der Waals surface area (Å²) >= 11 is 0. The van der Waals surface area contributed by atoms with Gasteiger partial charge in [-0.25, -0.2) is 9.59 Å². The van der Waals surface area contributed by atoms with Crippen LogP contribution < -0.4 is 5.32 Å². The van der Waals surface area contributed by atoms with E-state index in [4.69, 9.17) is 4.74 Å². The van der Waals surface area contributed by atoms with Crippen molar-refractivity contribution >= 4 is 18.0 Å². The summed E-state index contributed by atoms with van der Waals surface area (Å²) < 4.78 is 5.42. The first-order valence-electron chi connectivity index (χ1n) is 9.82. The monoisotopic (exact) mass is 410 g/mol. The van der Waals surface area contributed by atoms with Crippen LogP contribution in [0.25, 0.3) is 11.1 Å². The number of benzene rings is 2. The Morgan fingerprint density at radius 2 is 1.57 bits per heavy atom. The van der Waals surface area contributed by atoms with E-state index in [9.17, 15) is 19.5 Å². The van der Waals surface area contributed by atoms with Gasteiger partial charge in [-0.15, -0.1) is 0 Å². The summed E-state index contributed by atoms with van der Waals surface area (Å²) in [5.74, 6) is -1.50. The fourth-order valence-electron chi connectivity index (χ4n) is 3.54. The van der Waals surface area contributed by atoms with Crippen molar-refractivity contribution in [2.45, 2.75) is 31.7 Å². The number of nitrogens with one attached hydrogen (secondary N) is 1. The maximum atomic E-state index is 12.2. The van der Waals surface area contributed by atoms with E-state index in [0.717, 1.165) is 27.2 Å². The third-order valence-corrected chi connectivity index (χ3v) is 5.69. The molecule has 0 spiro atoms. The molecule has 2 aromatic rings. The number of carboxylic acid groups (broad SMARTS) is 1. The first-order valence-corrected chi connectivity index (χ1v) is 9.82. The highest BCUT2D eigenvalue weighted by molar-refractivity contribution is 5.86. The summed E-state index contributed by atoms with van der Waals surface area (Å²) in [5.41, 5.74) is 3.23. The van der Waals surface area contributed by atoms with Gasteiger partial charge < -0.3 is 20.1 Å². The molecule has 0 unspecified atom stereocenters. The van der Waals surface area contributed by atoms with Gasteiger partial charge >= 0.3 is 12.1 Å². The van der Waals surface area contributed by atoms with Crippen LogP contribution in [0.3, 0.4) is 0 Å². The smallest absolute Gasteiger partial charge is 0.407 e. The Kier molecular flexibility index (Phi) is 6.10. The van der Waals surface area contributed by atoms with Crippen molar-refractivity contribution in [3.8, 4) is 11.1 Å². The largest absolute Gasteiger partial charge is 0.480 e. The van der Waals surface area contributed by atoms with Crippen LogP contribution in [0.1, 0.15) is 37.3 Å². The number of likely N-dealkylation sites (N-methyl/N-ethyl adjacent to an activating group) is 1. The Labute approximate surface area is 175 Å². The van der Waals surface area contributed by atoms with Crippen LogP contribution in [0.2, 0.25) is 0 Å². The van der Waals surface area contributed by atoms with Crippen molar-refractivity contribution in [2.24, 2.45) is 0 Å². The molecule has 0 fully saturated rings. The molecular formula is C23H26N2O5. The number of carboxylic acids is 1. The Bertz CT molecular complexity index is 924. The molecule has 0 aliphatic heterocycles. The van der Waals surface area contributed by atoms with Gasteiger partial charge in [-0.1, -0.05) is 48.5 Å². The van der Waals surface area contributed by atoms with Crippen molar-refractivity contribution < 1.29 is 24.2 Å². The number of hydrogen-bond donors (Lipinski definition) is 2. The standard InChI is InChI=1S/C23H26N2O5/c1-23(2,21(27)28)25(3)20(26)12-13-24-22(29)30-14-19-17-10-6-4-8-15(17)16-9-5-7-11-18(16)19/h4-11,19H,12-14H2,1-3H3,(H,24,29)(H,27,28). The second-order valence-corrected chi connectivity index (χ2v) is 7.82. The quantitative estimate of drug-likeness (QED) is 0.731. The van der Waals surface area contributed by atoms with Gasteiger partial charge in [0.1, 0.15) is 12.1 Å². The molecule has 0 saturated carbocycles. The molecule has 1 aliphatic rings. The molecule has 2 aromatic carbocycles. The van der Waals surface area contributed by atoms with Crippen LogP contribution in [0.15, 0.2) is 48.5 Å². The molecule has 2 amide bonds. The fourth-order valence-corrected chi connectivity index (χ4v) is 3.54. The van der Waals surface area contributed by atoms with Gasteiger partial charge in [-0.05, 0) is 36.1 Å². The lowest BCUT2D eigenvalue weighted by Gasteiger charge is -2.31. The van der Waals surface area contributed by atoms with Gasteiger partial charge in [0.25, 0.3) is 0 Å². The summed E-state index contributed by atoms with van der Waals surface area (Å²) in [5, 5.41) is 11.8. The zero-order chi connectivity index (χ0) is 21.9. The number of carbonyl (C=O) groups excluding carboxylic acids is 2. The lowest BCUT2D eigenvalue weighted by Crippen LogP contribution is -2.51. The van der Waals surface area contributed by atoms with Crippen molar-refractivity contribution in [1.82, 2.24) is 10.2 Å². The first-order chi connectivity index (χ1) is 14.2. The Hall–Kier alpha value is -3.35. The summed E-state index contributed by atoms with van der Waals surface area (Å²) in [7, 11) is 1.43. The van der Waals surface area contributed by atoms with Gasteiger partial charge in [-0.2, -0.15) is 0 Å². The topological polar surface area (TPSA) is 95.9 Å². The Balaban J connectivity index is 1.52. The van der Waals surface area contributed by atoms with Crippen LogP contribution in [0.5, 0.6) is 0 Å². The average molecular weight is 410 g/mol. The third-order valence-electron chi connectivity index (χ3n) is 5.69. The molecule has 3 rings (SSSR count). The number of hydrogen-bond acceptors (Lipinski definition) is 4. The lowest BCUT2D eigenvalue weighted by molar-refractivity contribution is -0.155. The summed E-state index contributed by atoms with van der Waals surface area (Å²) in [6.45, 7) is 3.16. The van der Waals surface area contributed by atoms with E-state index in [-0.39, 0.29) is 31.4 Å².